The average molecular weight is 271 g/mol. The summed E-state index contributed by atoms with van der Waals surface area (Å²) in [6.07, 6.45) is 4.29. The Hall–Kier alpha value is -0.900. The van der Waals surface area contributed by atoms with Crippen molar-refractivity contribution in [1.29, 1.82) is 0 Å². The second kappa shape index (κ2) is 7.40. The minimum Gasteiger partial charge on any atom is -0.350 e. The molecule has 0 saturated carbocycles. The molecule has 0 unspecified atom stereocenters. The number of nitrogens with one attached hydrogen (secondary N) is 1. The molecule has 1 heterocycles. The van der Waals surface area contributed by atoms with Crippen LogP contribution in [0.25, 0.3) is 0 Å². The molecular formula is C11H15BrN2O. The Morgan fingerprint density at radius 3 is 2.93 bits per heavy atom. The third-order valence-electron chi connectivity index (χ3n) is 1.98. The van der Waals surface area contributed by atoms with E-state index < -0.39 is 0 Å². The van der Waals surface area contributed by atoms with Crippen LogP contribution in [0.15, 0.2) is 24.4 Å². The zero-order valence-electron chi connectivity index (χ0n) is 8.58. The SMILES string of the molecule is O=C(CCCCBr)NCc1ccccn1. The highest BCUT2D eigenvalue weighted by molar-refractivity contribution is 9.09. The van der Waals surface area contributed by atoms with E-state index in [1.807, 2.05) is 18.2 Å². The summed E-state index contributed by atoms with van der Waals surface area (Å²) in [6.45, 7) is 0.522. The number of pyridine rings is 1. The summed E-state index contributed by atoms with van der Waals surface area (Å²) in [5.74, 6) is 0.0987. The topological polar surface area (TPSA) is 42.0 Å². The van der Waals surface area contributed by atoms with Gasteiger partial charge in [-0.15, -0.1) is 0 Å². The Balaban J connectivity index is 2.17. The van der Waals surface area contributed by atoms with Crippen molar-refractivity contribution < 1.29 is 4.79 Å². The Labute approximate surface area is 98.4 Å². The number of amides is 1. The van der Waals surface area contributed by atoms with Crippen LogP contribution in [0.4, 0.5) is 0 Å². The lowest BCUT2D eigenvalue weighted by atomic mass is 10.2. The first-order chi connectivity index (χ1) is 7.33. The van der Waals surface area contributed by atoms with Gasteiger partial charge >= 0.3 is 0 Å². The zero-order valence-corrected chi connectivity index (χ0v) is 10.2. The van der Waals surface area contributed by atoms with E-state index in [4.69, 9.17) is 0 Å². The van der Waals surface area contributed by atoms with Crippen LogP contribution in [0.2, 0.25) is 0 Å². The fourth-order valence-corrected chi connectivity index (χ4v) is 1.56. The second-order valence-electron chi connectivity index (χ2n) is 3.24. The number of aromatic nitrogens is 1. The van der Waals surface area contributed by atoms with Crippen LogP contribution >= 0.6 is 15.9 Å². The van der Waals surface area contributed by atoms with Gasteiger partial charge in [0.2, 0.25) is 5.91 Å². The van der Waals surface area contributed by atoms with Crippen molar-refractivity contribution in [2.45, 2.75) is 25.8 Å². The fourth-order valence-electron chi connectivity index (χ4n) is 1.16. The van der Waals surface area contributed by atoms with Gasteiger partial charge in [0.15, 0.2) is 0 Å². The molecule has 15 heavy (non-hydrogen) atoms. The number of halogens is 1. The molecule has 1 aromatic rings. The summed E-state index contributed by atoms with van der Waals surface area (Å²) in [6, 6.07) is 5.68. The number of hydrogen-bond acceptors (Lipinski definition) is 2. The molecule has 0 fully saturated rings. The van der Waals surface area contributed by atoms with Crippen LogP contribution < -0.4 is 5.32 Å². The van der Waals surface area contributed by atoms with Crippen LogP contribution in [0.3, 0.4) is 0 Å². The van der Waals surface area contributed by atoms with Crippen molar-refractivity contribution in [3.63, 3.8) is 0 Å². The molecule has 4 heteroatoms. The number of carbonyl (C=O) groups is 1. The molecule has 3 nitrogen and oxygen atoms in total. The number of rotatable bonds is 6. The summed E-state index contributed by atoms with van der Waals surface area (Å²) in [5, 5.41) is 3.80. The predicted octanol–water partition coefficient (Wildman–Crippen LogP) is 2.26. The van der Waals surface area contributed by atoms with Crippen LogP contribution in [0, 0.1) is 0 Å². The first kappa shape index (κ1) is 12.2. The van der Waals surface area contributed by atoms with Crippen molar-refractivity contribution in [2.75, 3.05) is 5.33 Å². The standard InChI is InChI=1S/C11H15BrN2O/c12-7-3-1-6-11(15)14-9-10-5-2-4-8-13-10/h2,4-5,8H,1,3,6-7,9H2,(H,14,15). The molecule has 0 aromatic carbocycles. The summed E-state index contributed by atoms with van der Waals surface area (Å²) in [5.41, 5.74) is 0.895. The van der Waals surface area contributed by atoms with Crippen molar-refractivity contribution in [1.82, 2.24) is 10.3 Å². The van der Waals surface area contributed by atoms with Gasteiger partial charge in [0.25, 0.3) is 0 Å². The maximum absolute atomic E-state index is 11.3. The van der Waals surface area contributed by atoms with E-state index in [0.29, 0.717) is 13.0 Å². The average Bonchev–Trinajstić information content (AvgIpc) is 2.28. The summed E-state index contributed by atoms with van der Waals surface area (Å²) < 4.78 is 0. The molecule has 0 saturated heterocycles. The van der Waals surface area contributed by atoms with Gasteiger partial charge < -0.3 is 5.32 Å². The molecule has 0 atom stereocenters. The van der Waals surface area contributed by atoms with Gasteiger partial charge in [-0.3, -0.25) is 9.78 Å². The monoisotopic (exact) mass is 270 g/mol. The van der Waals surface area contributed by atoms with Gasteiger partial charge in [0.05, 0.1) is 12.2 Å². The first-order valence-corrected chi connectivity index (χ1v) is 6.17. The third kappa shape index (κ3) is 5.52. The highest BCUT2D eigenvalue weighted by Gasteiger charge is 2.00. The lowest BCUT2D eigenvalue weighted by Crippen LogP contribution is -2.22. The van der Waals surface area contributed by atoms with E-state index in [1.165, 1.54) is 0 Å². The van der Waals surface area contributed by atoms with Gasteiger partial charge in [0.1, 0.15) is 0 Å². The molecule has 0 aliphatic heterocycles. The number of unbranched alkanes of at least 4 members (excludes halogenated alkanes) is 1. The van der Waals surface area contributed by atoms with E-state index >= 15 is 0 Å². The molecule has 0 aliphatic carbocycles. The van der Waals surface area contributed by atoms with E-state index in [2.05, 4.69) is 26.2 Å². The Morgan fingerprint density at radius 2 is 2.27 bits per heavy atom. The lowest BCUT2D eigenvalue weighted by Gasteiger charge is -2.03. The highest BCUT2D eigenvalue weighted by atomic mass is 79.9. The third-order valence-corrected chi connectivity index (χ3v) is 2.54. The Kier molecular flexibility index (Phi) is 6.00. The fraction of sp³-hybridized carbons (Fsp3) is 0.455. The van der Waals surface area contributed by atoms with E-state index in [9.17, 15) is 4.79 Å². The van der Waals surface area contributed by atoms with Gasteiger partial charge in [-0.25, -0.2) is 0 Å². The largest absolute Gasteiger partial charge is 0.350 e. The molecule has 0 bridgehead atoms. The molecule has 1 N–H and O–H groups in total. The number of carbonyl (C=O) groups excluding carboxylic acids is 1. The quantitative estimate of drug-likeness (QED) is 0.637. The van der Waals surface area contributed by atoms with E-state index in [1.54, 1.807) is 6.20 Å². The van der Waals surface area contributed by atoms with Crippen LogP contribution in [-0.2, 0) is 11.3 Å². The molecule has 0 spiro atoms. The van der Waals surface area contributed by atoms with Crippen LogP contribution in [0.5, 0.6) is 0 Å². The predicted molar refractivity (Wildman–Crippen MR) is 63.7 cm³/mol. The van der Waals surface area contributed by atoms with Gasteiger partial charge in [-0.2, -0.15) is 0 Å². The number of nitrogens with zero attached hydrogens (tertiary/aromatic N) is 1. The highest BCUT2D eigenvalue weighted by Crippen LogP contribution is 1.99. The van der Waals surface area contributed by atoms with E-state index in [0.717, 1.165) is 23.9 Å². The molecule has 1 rings (SSSR count). The van der Waals surface area contributed by atoms with Crippen molar-refractivity contribution in [3.8, 4) is 0 Å². The number of hydrogen-bond donors (Lipinski definition) is 1. The van der Waals surface area contributed by atoms with Crippen molar-refractivity contribution in [2.24, 2.45) is 0 Å². The number of alkyl halides is 1. The smallest absolute Gasteiger partial charge is 0.220 e. The molecule has 82 valence electrons. The summed E-state index contributed by atoms with van der Waals surface area (Å²) in [7, 11) is 0. The van der Waals surface area contributed by atoms with Crippen LogP contribution in [-0.4, -0.2) is 16.2 Å². The van der Waals surface area contributed by atoms with Gasteiger partial charge in [-0.1, -0.05) is 22.0 Å². The Bertz CT molecular complexity index is 290. The van der Waals surface area contributed by atoms with Gasteiger partial charge in [-0.05, 0) is 25.0 Å². The van der Waals surface area contributed by atoms with Gasteiger partial charge in [0, 0.05) is 17.9 Å². The summed E-state index contributed by atoms with van der Waals surface area (Å²) in [4.78, 5) is 15.5. The molecule has 0 radical (unpaired) electrons. The Morgan fingerprint density at radius 1 is 1.40 bits per heavy atom. The first-order valence-electron chi connectivity index (χ1n) is 5.05. The summed E-state index contributed by atoms with van der Waals surface area (Å²) >= 11 is 3.33. The zero-order chi connectivity index (χ0) is 10.9. The minimum atomic E-state index is 0.0987. The lowest BCUT2D eigenvalue weighted by molar-refractivity contribution is -0.121. The van der Waals surface area contributed by atoms with Crippen LogP contribution in [0.1, 0.15) is 25.0 Å². The maximum atomic E-state index is 11.3. The maximum Gasteiger partial charge on any atom is 0.220 e. The second-order valence-corrected chi connectivity index (χ2v) is 4.04. The normalized spacial score (nSPS) is 9.93. The van der Waals surface area contributed by atoms with E-state index in [-0.39, 0.29) is 5.91 Å². The molecular weight excluding hydrogens is 256 g/mol. The molecule has 1 amide bonds. The van der Waals surface area contributed by atoms with Crippen molar-refractivity contribution in [3.05, 3.63) is 30.1 Å². The van der Waals surface area contributed by atoms with Crippen molar-refractivity contribution >= 4 is 21.8 Å². The minimum absolute atomic E-state index is 0.0987. The molecule has 1 aromatic heterocycles. The molecule has 0 aliphatic rings.